The minimum Gasteiger partial charge on any atom is -0.390 e. The molecule has 0 heterocycles. The molecule has 0 aliphatic heterocycles. The van der Waals surface area contributed by atoms with Crippen LogP contribution in [0.1, 0.15) is 107 Å². The maximum atomic E-state index is 13.2. The fraction of sp³-hybridized carbons (Fsp3) is 0.788. The van der Waals surface area contributed by atoms with Gasteiger partial charge in [-0.05, 0) is 129 Å². The van der Waals surface area contributed by atoms with Crippen molar-refractivity contribution in [1.29, 1.82) is 0 Å². The van der Waals surface area contributed by atoms with Gasteiger partial charge in [-0.1, -0.05) is 45.0 Å². The third kappa shape index (κ3) is 3.77. The number of ketones is 1. The van der Waals surface area contributed by atoms with E-state index in [2.05, 4.69) is 32.9 Å². The molecule has 6 rings (SSSR count). The molecule has 1 unspecified atom stereocenters. The molecule has 198 valence electrons. The molecule has 0 radical (unpaired) electrons. The van der Waals surface area contributed by atoms with Crippen LogP contribution in [0.3, 0.4) is 0 Å². The summed E-state index contributed by atoms with van der Waals surface area (Å²) in [5.41, 5.74) is 2.86. The van der Waals surface area contributed by atoms with Gasteiger partial charge in [0, 0.05) is 11.5 Å². The van der Waals surface area contributed by atoms with Crippen LogP contribution in [0.25, 0.3) is 0 Å². The van der Waals surface area contributed by atoms with Crippen LogP contribution in [0.5, 0.6) is 0 Å². The van der Waals surface area contributed by atoms with Gasteiger partial charge in [-0.3, -0.25) is 4.79 Å². The molecule has 3 nitrogen and oxygen atoms in total. The third-order valence-electron chi connectivity index (χ3n) is 12.9. The molecule has 1 aromatic carbocycles. The number of hydrogen-bond acceptors (Lipinski definition) is 3. The minimum absolute atomic E-state index is 0.199. The van der Waals surface area contributed by atoms with Crippen LogP contribution >= 0.6 is 0 Å². The van der Waals surface area contributed by atoms with E-state index in [1.54, 1.807) is 0 Å². The number of rotatable bonds is 4. The summed E-state index contributed by atoms with van der Waals surface area (Å²) in [6.07, 6.45) is 12.8. The second-order valence-corrected chi connectivity index (χ2v) is 14.2. The summed E-state index contributed by atoms with van der Waals surface area (Å²) in [5, 5.41) is 21.2. The van der Waals surface area contributed by atoms with E-state index in [-0.39, 0.29) is 17.3 Å². The Hall–Kier alpha value is -1.19. The van der Waals surface area contributed by atoms with Crippen LogP contribution in [-0.4, -0.2) is 28.2 Å². The first-order valence-electron chi connectivity index (χ1n) is 15.2. The van der Waals surface area contributed by atoms with Crippen LogP contribution in [0, 0.1) is 52.3 Å². The monoisotopic (exact) mass is 492 g/mol. The lowest BCUT2D eigenvalue weighted by Gasteiger charge is -2.62. The Bertz CT molecular complexity index is 987. The summed E-state index contributed by atoms with van der Waals surface area (Å²) in [6.45, 7) is 7.57. The molecule has 1 aromatic rings. The van der Waals surface area contributed by atoms with Crippen molar-refractivity contribution in [2.24, 2.45) is 52.3 Å². The predicted molar refractivity (Wildman–Crippen MR) is 144 cm³/mol. The summed E-state index contributed by atoms with van der Waals surface area (Å²) in [7, 11) is 0. The van der Waals surface area contributed by atoms with E-state index in [0.717, 1.165) is 61.8 Å². The van der Waals surface area contributed by atoms with Crippen molar-refractivity contribution in [3.63, 3.8) is 0 Å². The van der Waals surface area contributed by atoms with E-state index in [9.17, 15) is 15.0 Å². The van der Waals surface area contributed by atoms with Crippen molar-refractivity contribution < 1.29 is 15.0 Å². The van der Waals surface area contributed by atoms with Crippen LogP contribution in [0.15, 0.2) is 24.3 Å². The smallest absolute Gasteiger partial charge is 0.166 e. The number of fused-ring (bicyclic) bond motifs is 6. The van der Waals surface area contributed by atoms with Crippen molar-refractivity contribution in [2.45, 2.75) is 110 Å². The van der Waals surface area contributed by atoms with Crippen LogP contribution in [0.4, 0.5) is 0 Å². The molecule has 4 fully saturated rings. The molecule has 0 saturated heterocycles. The lowest BCUT2D eigenvalue weighted by molar-refractivity contribution is -0.174. The number of hydrogen-bond donors (Lipinski definition) is 2. The van der Waals surface area contributed by atoms with Crippen molar-refractivity contribution in [1.82, 2.24) is 0 Å². The number of aliphatic hydroxyl groups is 2. The SMILES string of the molecule is C[C@H](CCC1CCc2ccccc2C1=O)[C@H]1CC[C@H]2[C@@H]3CC[C@H]4[C@@H](O)[C@@H](O)CC[C@]4(C)[C@H]3CC[C@]12C. The molecule has 5 aliphatic carbocycles. The molecule has 3 heteroatoms. The van der Waals surface area contributed by atoms with E-state index in [0.29, 0.717) is 23.0 Å². The van der Waals surface area contributed by atoms with Gasteiger partial charge < -0.3 is 10.2 Å². The summed E-state index contributed by atoms with van der Waals surface area (Å²) >= 11 is 0. The number of aliphatic hydroxyl groups excluding tert-OH is 2. The van der Waals surface area contributed by atoms with E-state index in [1.165, 1.54) is 44.1 Å². The molecular formula is C33H48O3. The quantitative estimate of drug-likeness (QED) is 0.484. The van der Waals surface area contributed by atoms with Gasteiger partial charge in [-0.2, -0.15) is 0 Å². The van der Waals surface area contributed by atoms with E-state index in [4.69, 9.17) is 0 Å². The fourth-order valence-electron chi connectivity index (χ4n) is 10.9. The molecule has 0 aromatic heterocycles. The van der Waals surface area contributed by atoms with Gasteiger partial charge in [-0.25, -0.2) is 0 Å². The fourth-order valence-corrected chi connectivity index (χ4v) is 10.9. The van der Waals surface area contributed by atoms with Gasteiger partial charge >= 0.3 is 0 Å². The topological polar surface area (TPSA) is 57.5 Å². The molecular weight excluding hydrogens is 444 g/mol. The highest BCUT2D eigenvalue weighted by Gasteiger charge is 2.61. The predicted octanol–water partition coefficient (Wildman–Crippen LogP) is 6.84. The second kappa shape index (κ2) is 9.23. The number of carbonyl (C=O) groups is 1. The van der Waals surface area contributed by atoms with Crippen molar-refractivity contribution in [2.75, 3.05) is 0 Å². The zero-order valence-electron chi connectivity index (χ0n) is 22.8. The first-order valence-corrected chi connectivity index (χ1v) is 15.2. The largest absolute Gasteiger partial charge is 0.390 e. The van der Waals surface area contributed by atoms with Gasteiger partial charge in [-0.15, -0.1) is 0 Å². The van der Waals surface area contributed by atoms with Crippen LogP contribution < -0.4 is 0 Å². The normalized spacial score (nSPS) is 46.9. The summed E-state index contributed by atoms with van der Waals surface area (Å²) in [5.74, 6) is 4.66. The first kappa shape index (κ1) is 25.1. The molecule has 2 N–H and O–H groups in total. The van der Waals surface area contributed by atoms with Crippen molar-refractivity contribution in [3.8, 4) is 0 Å². The van der Waals surface area contributed by atoms with E-state index >= 15 is 0 Å². The van der Waals surface area contributed by atoms with E-state index in [1.807, 2.05) is 12.1 Å². The third-order valence-corrected chi connectivity index (χ3v) is 12.9. The molecule has 0 spiro atoms. The Kier molecular flexibility index (Phi) is 6.43. The highest BCUT2D eigenvalue weighted by Crippen LogP contribution is 2.68. The highest BCUT2D eigenvalue weighted by atomic mass is 16.3. The minimum atomic E-state index is -0.524. The molecule has 5 aliphatic rings. The van der Waals surface area contributed by atoms with Crippen LogP contribution in [0.2, 0.25) is 0 Å². The maximum Gasteiger partial charge on any atom is 0.166 e. The zero-order chi connectivity index (χ0) is 25.2. The van der Waals surface area contributed by atoms with E-state index < -0.39 is 12.2 Å². The average Bonchev–Trinajstić information content (AvgIpc) is 3.23. The Labute approximate surface area is 218 Å². The lowest BCUT2D eigenvalue weighted by Crippen LogP contribution is -2.58. The number of Topliss-reactive ketones (excluding diaryl/α,β-unsaturated/α-hetero) is 1. The van der Waals surface area contributed by atoms with Crippen LogP contribution in [-0.2, 0) is 6.42 Å². The molecule has 36 heavy (non-hydrogen) atoms. The maximum absolute atomic E-state index is 13.2. The first-order chi connectivity index (χ1) is 17.2. The Morgan fingerprint density at radius 2 is 1.61 bits per heavy atom. The number of aryl methyl sites for hydroxylation is 1. The highest BCUT2D eigenvalue weighted by molar-refractivity contribution is 6.00. The second-order valence-electron chi connectivity index (χ2n) is 14.2. The van der Waals surface area contributed by atoms with Crippen molar-refractivity contribution >= 4 is 5.78 Å². The number of carbonyl (C=O) groups excluding carboxylic acids is 1. The average molecular weight is 493 g/mol. The molecule has 4 saturated carbocycles. The molecule has 0 amide bonds. The Balaban J connectivity index is 1.13. The standard InChI is InChI=1S/C33H48O3/c1-20(8-9-22-11-10-21-6-4-5-7-23(21)30(22)35)25-14-15-26-24-12-13-28-31(36)29(34)17-19-33(28,3)27(24)16-18-32(25,26)2/h4-7,20,22,24-29,31,34,36H,8-19H2,1-3H3/t20-,22?,24+,25-,26+,27+,28+,29+,31-,32-,33-/m1/s1. The van der Waals surface area contributed by atoms with Gasteiger partial charge in [0.15, 0.2) is 5.78 Å². The van der Waals surface area contributed by atoms with Gasteiger partial charge in [0.2, 0.25) is 0 Å². The summed E-state index contributed by atoms with van der Waals surface area (Å²) in [6, 6.07) is 8.25. The van der Waals surface area contributed by atoms with Gasteiger partial charge in [0.05, 0.1) is 12.2 Å². The Morgan fingerprint density at radius 3 is 2.44 bits per heavy atom. The molecule has 11 atom stereocenters. The summed E-state index contributed by atoms with van der Waals surface area (Å²) < 4.78 is 0. The lowest BCUT2D eigenvalue weighted by atomic mass is 9.44. The van der Waals surface area contributed by atoms with Crippen molar-refractivity contribution in [3.05, 3.63) is 35.4 Å². The molecule has 0 bridgehead atoms. The number of benzene rings is 1. The Morgan fingerprint density at radius 1 is 0.889 bits per heavy atom. The van der Waals surface area contributed by atoms with Gasteiger partial charge in [0.25, 0.3) is 0 Å². The van der Waals surface area contributed by atoms with Gasteiger partial charge in [0.1, 0.15) is 0 Å². The zero-order valence-corrected chi connectivity index (χ0v) is 22.8. The summed E-state index contributed by atoms with van der Waals surface area (Å²) in [4.78, 5) is 13.2.